The Labute approximate surface area is 127 Å². The molecule has 0 aromatic heterocycles. The number of hydrogen-bond acceptors (Lipinski definition) is 4. The van der Waals surface area contributed by atoms with E-state index < -0.39 is 10.0 Å². The molecule has 2 unspecified atom stereocenters. The Balaban J connectivity index is 2.08. The third kappa shape index (κ3) is 4.78. The van der Waals surface area contributed by atoms with Crippen molar-refractivity contribution in [3.05, 3.63) is 29.8 Å². The number of benzene rings is 1. The Bertz CT molecular complexity index is 560. The molecule has 1 aromatic rings. The van der Waals surface area contributed by atoms with E-state index >= 15 is 0 Å². The highest BCUT2D eigenvalue weighted by Gasteiger charge is 2.25. The van der Waals surface area contributed by atoms with Gasteiger partial charge in [0.2, 0.25) is 10.0 Å². The molecule has 0 aliphatic carbocycles. The van der Waals surface area contributed by atoms with Crippen LogP contribution in [0.1, 0.15) is 32.3 Å². The summed E-state index contributed by atoms with van der Waals surface area (Å²) in [4.78, 5) is 0.331. The lowest BCUT2D eigenvalue weighted by Gasteiger charge is -2.27. The molecular weight excluding hydrogens is 288 g/mol. The molecule has 1 aromatic carbocycles. The van der Waals surface area contributed by atoms with Crippen LogP contribution in [0, 0.1) is 0 Å². The van der Waals surface area contributed by atoms with Gasteiger partial charge in [0.25, 0.3) is 0 Å². The Morgan fingerprint density at radius 3 is 2.90 bits per heavy atom. The third-order valence-electron chi connectivity index (χ3n) is 3.59. The average molecular weight is 312 g/mol. The average Bonchev–Trinajstić information content (AvgIpc) is 2.45. The van der Waals surface area contributed by atoms with Gasteiger partial charge in [-0.2, -0.15) is 0 Å². The van der Waals surface area contributed by atoms with Gasteiger partial charge < -0.3 is 10.1 Å². The first-order valence-corrected chi connectivity index (χ1v) is 8.93. The van der Waals surface area contributed by atoms with Crippen LogP contribution in [0.4, 0.5) is 0 Å². The van der Waals surface area contributed by atoms with Gasteiger partial charge >= 0.3 is 0 Å². The van der Waals surface area contributed by atoms with Gasteiger partial charge in [-0.05, 0) is 44.0 Å². The van der Waals surface area contributed by atoms with Gasteiger partial charge in [0.05, 0.1) is 11.0 Å². The summed E-state index contributed by atoms with van der Waals surface area (Å²) in [7, 11) is -3.46. The van der Waals surface area contributed by atoms with Crippen molar-refractivity contribution < 1.29 is 13.2 Å². The van der Waals surface area contributed by atoms with Crippen molar-refractivity contribution in [2.75, 3.05) is 13.2 Å². The fraction of sp³-hybridized carbons (Fsp3) is 0.600. The maximum absolute atomic E-state index is 12.5. The molecule has 2 atom stereocenters. The van der Waals surface area contributed by atoms with E-state index in [1.54, 1.807) is 18.2 Å². The van der Waals surface area contributed by atoms with Crippen LogP contribution in [0.25, 0.3) is 0 Å². The highest BCUT2D eigenvalue weighted by molar-refractivity contribution is 7.89. The second kappa shape index (κ2) is 7.35. The molecule has 1 heterocycles. The van der Waals surface area contributed by atoms with Crippen LogP contribution >= 0.6 is 0 Å². The van der Waals surface area contributed by atoms with E-state index in [9.17, 15) is 8.42 Å². The molecule has 5 nitrogen and oxygen atoms in total. The molecule has 0 amide bonds. The minimum atomic E-state index is -3.46. The van der Waals surface area contributed by atoms with Crippen molar-refractivity contribution in [3.8, 4) is 0 Å². The van der Waals surface area contributed by atoms with Crippen LogP contribution in [0.5, 0.6) is 0 Å². The molecular formula is C15H24N2O3S. The van der Waals surface area contributed by atoms with Gasteiger partial charge in [-0.15, -0.1) is 0 Å². The lowest BCUT2D eigenvalue weighted by Crippen LogP contribution is -2.41. The van der Waals surface area contributed by atoms with Gasteiger partial charge in [-0.1, -0.05) is 19.1 Å². The van der Waals surface area contributed by atoms with Crippen molar-refractivity contribution in [1.29, 1.82) is 0 Å². The smallest absolute Gasteiger partial charge is 0.240 e. The van der Waals surface area contributed by atoms with Crippen LogP contribution < -0.4 is 10.0 Å². The molecule has 118 valence electrons. The zero-order valence-corrected chi connectivity index (χ0v) is 13.4. The van der Waals surface area contributed by atoms with Crippen LogP contribution in [0.2, 0.25) is 0 Å². The van der Waals surface area contributed by atoms with Crippen molar-refractivity contribution in [3.63, 3.8) is 0 Å². The first-order chi connectivity index (χ1) is 10.0. The zero-order valence-electron chi connectivity index (χ0n) is 12.6. The summed E-state index contributed by atoms with van der Waals surface area (Å²) in [5.41, 5.74) is 0.972. The first kappa shape index (κ1) is 16.4. The summed E-state index contributed by atoms with van der Waals surface area (Å²) < 4.78 is 33.2. The monoisotopic (exact) mass is 312 g/mol. The maximum atomic E-state index is 12.5. The molecule has 0 radical (unpaired) electrons. The fourth-order valence-corrected chi connectivity index (χ4v) is 3.84. The quantitative estimate of drug-likeness (QED) is 0.838. The molecule has 2 N–H and O–H groups in total. The zero-order chi connectivity index (χ0) is 15.3. The highest BCUT2D eigenvalue weighted by atomic mass is 32.2. The largest absolute Gasteiger partial charge is 0.378 e. The van der Waals surface area contributed by atoms with Gasteiger partial charge in [-0.25, -0.2) is 13.1 Å². The molecule has 2 rings (SSSR count). The van der Waals surface area contributed by atoms with Crippen molar-refractivity contribution >= 4 is 10.0 Å². The molecule has 0 bridgehead atoms. The summed E-state index contributed by atoms with van der Waals surface area (Å²) in [5.74, 6) is 0. The minimum Gasteiger partial charge on any atom is -0.378 e. The van der Waals surface area contributed by atoms with Crippen LogP contribution in [0.3, 0.4) is 0 Å². The van der Waals surface area contributed by atoms with Gasteiger partial charge in [-0.3, -0.25) is 0 Å². The van der Waals surface area contributed by atoms with Gasteiger partial charge in [0.1, 0.15) is 0 Å². The Hall–Kier alpha value is -0.950. The van der Waals surface area contributed by atoms with Gasteiger partial charge in [0, 0.05) is 19.2 Å². The van der Waals surface area contributed by atoms with E-state index in [1.807, 2.05) is 19.9 Å². The van der Waals surface area contributed by atoms with E-state index in [2.05, 4.69) is 10.0 Å². The second-order valence-corrected chi connectivity index (χ2v) is 7.17. The maximum Gasteiger partial charge on any atom is 0.240 e. The molecule has 1 aliphatic heterocycles. The minimum absolute atomic E-state index is 0.0452. The number of sulfonamides is 1. The highest BCUT2D eigenvalue weighted by Crippen LogP contribution is 2.17. The first-order valence-electron chi connectivity index (χ1n) is 7.45. The summed E-state index contributed by atoms with van der Waals surface area (Å²) >= 11 is 0. The molecule has 0 spiro atoms. The van der Waals surface area contributed by atoms with Crippen LogP contribution in [-0.4, -0.2) is 33.7 Å². The molecule has 1 aliphatic rings. The molecule has 6 heteroatoms. The van der Waals surface area contributed by atoms with E-state index in [0.717, 1.165) is 24.9 Å². The van der Waals surface area contributed by atoms with Crippen molar-refractivity contribution in [2.45, 2.75) is 50.3 Å². The molecule has 21 heavy (non-hydrogen) atoms. The number of hydrogen-bond donors (Lipinski definition) is 2. The summed E-state index contributed by atoms with van der Waals surface area (Å²) in [5, 5.41) is 3.20. The molecule has 1 fully saturated rings. The van der Waals surface area contributed by atoms with Crippen LogP contribution in [0.15, 0.2) is 29.2 Å². The predicted molar refractivity (Wildman–Crippen MR) is 82.6 cm³/mol. The Morgan fingerprint density at radius 2 is 2.19 bits per heavy atom. The summed E-state index contributed by atoms with van der Waals surface area (Å²) in [6.45, 7) is 6.13. The molecule has 1 saturated heterocycles. The number of rotatable bonds is 6. The normalized spacial score (nSPS) is 23.1. The lowest BCUT2D eigenvalue weighted by atomic mass is 10.1. The number of ether oxygens (including phenoxy) is 1. The predicted octanol–water partition coefficient (Wildman–Crippen LogP) is 1.64. The lowest BCUT2D eigenvalue weighted by molar-refractivity contribution is 0.0173. The topological polar surface area (TPSA) is 67.4 Å². The standard InChI is InChI=1S/C15H24N2O3S/c1-3-16-11-13-5-4-6-15(10-13)21(18,19)17-14-7-8-20-12(2)9-14/h4-6,10,12,14,16-17H,3,7-9,11H2,1-2H3. The van der Waals surface area contributed by atoms with Crippen LogP contribution in [-0.2, 0) is 21.3 Å². The van der Waals surface area contributed by atoms with E-state index in [1.165, 1.54) is 0 Å². The van der Waals surface area contributed by atoms with Crippen molar-refractivity contribution in [2.24, 2.45) is 0 Å². The Morgan fingerprint density at radius 1 is 1.38 bits per heavy atom. The SMILES string of the molecule is CCNCc1cccc(S(=O)(=O)NC2CCOC(C)C2)c1. The Kier molecular flexibility index (Phi) is 5.75. The van der Waals surface area contributed by atoms with Crippen molar-refractivity contribution in [1.82, 2.24) is 10.0 Å². The number of nitrogens with one attached hydrogen (secondary N) is 2. The summed E-state index contributed by atoms with van der Waals surface area (Å²) in [6.07, 6.45) is 1.54. The third-order valence-corrected chi connectivity index (χ3v) is 5.11. The second-order valence-electron chi connectivity index (χ2n) is 5.45. The van der Waals surface area contributed by atoms with Gasteiger partial charge in [0.15, 0.2) is 0 Å². The van der Waals surface area contributed by atoms with E-state index in [0.29, 0.717) is 18.0 Å². The van der Waals surface area contributed by atoms with E-state index in [-0.39, 0.29) is 12.1 Å². The molecule has 0 saturated carbocycles. The fourth-order valence-electron chi connectivity index (χ4n) is 2.48. The van der Waals surface area contributed by atoms with E-state index in [4.69, 9.17) is 4.74 Å². The summed E-state index contributed by atoms with van der Waals surface area (Å²) in [6, 6.07) is 7.04.